The van der Waals surface area contributed by atoms with Crippen molar-refractivity contribution in [1.29, 1.82) is 5.26 Å². The number of nitrogens with zero attached hydrogens (tertiary/aromatic N) is 3. The zero-order valence-corrected chi connectivity index (χ0v) is 14.9. The number of nitriles is 1. The first-order chi connectivity index (χ1) is 12.6. The Labute approximate surface area is 153 Å². The van der Waals surface area contributed by atoms with E-state index in [9.17, 15) is 14.4 Å². The first kappa shape index (κ1) is 18.1. The van der Waals surface area contributed by atoms with Gasteiger partial charge < -0.3 is 4.90 Å². The summed E-state index contributed by atoms with van der Waals surface area (Å²) >= 11 is 0. The molecule has 1 saturated heterocycles. The molecule has 0 radical (unpaired) electrons. The molecule has 5 heteroatoms. The lowest BCUT2D eigenvalue weighted by atomic mass is 10.0. The van der Waals surface area contributed by atoms with E-state index in [1.165, 1.54) is 17.7 Å². The molecular weight excluding hydrogens is 329 g/mol. The number of amides is 1. The van der Waals surface area contributed by atoms with Gasteiger partial charge in [0.15, 0.2) is 0 Å². The molecule has 1 fully saturated rings. The van der Waals surface area contributed by atoms with Crippen LogP contribution in [0, 0.1) is 17.1 Å². The van der Waals surface area contributed by atoms with Gasteiger partial charge in [-0.3, -0.25) is 9.69 Å². The average Bonchev–Trinajstić information content (AvgIpc) is 2.69. The van der Waals surface area contributed by atoms with Crippen LogP contribution in [0.4, 0.5) is 4.39 Å². The predicted molar refractivity (Wildman–Crippen MR) is 98.1 cm³/mol. The van der Waals surface area contributed by atoms with Crippen molar-refractivity contribution in [2.24, 2.45) is 0 Å². The maximum atomic E-state index is 13.8. The number of halogens is 1. The molecule has 1 unspecified atom stereocenters. The summed E-state index contributed by atoms with van der Waals surface area (Å²) in [7, 11) is 0. The van der Waals surface area contributed by atoms with Crippen molar-refractivity contribution in [2.75, 3.05) is 26.2 Å². The molecule has 26 heavy (non-hydrogen) atoms. The predicted octanol–water partition coefficient (Wildman–Crippen LogP) is 3.41. The van der Waals surface area contributed by atoms with Crippen LogP contribution in [0.3, 0.4) is 0 Å². The Kier molecular flexibility index (Phi) is 5.65. The van der Waals surface area contributed by atoms with E-state index in [-0.39, 0.29) is 17.5 Å². The molecular formula is C21H22FN3O. The fourth-order valence-electron chi connectivity index (χ4n) is 3.29. The first-order valence-corrected chi connectivity index (χ1v) is 8.90. The van der Waals surface area contributed by atoms with Crippen LogP contribution >= 0.6 is 0 Å². The highest BCUT2D eigenvalue weighted by molar-refractivity contribution is 5.94. The second kappa shape index (κ2) is 8.11. The maximum Gasteiger partial charge on any atom is 0.256 e. The van der Waals surface area contributed by atoms with E-state index < -0.39 is 5.82 Å². The van der Waals surface area contributed by atoms with Crippen LogP contribution in [-0.4, -0.2) is 41.9 Å². The third kappa shape index (κ3) is 3.76. The summed E-state index contributed by atoms with van der Waals surface area (Å²) in [4.78, 5) is 16.2. The number of carbonyl (C=O) groups excluding carboxylic acids is 1. The SMILES string of the molecule is CCc1ccc(C(C#N)N2CCN(C(=O)c3ccccc3F)CC2)cc1. The molecule has 0 aromatic heterocycles. The van der Waals surface area contributed by atoms with Gasteiger partial charge in [0.05, 0.1) is 11.6 Å². The lowest BCUT2D eigenvalue weighted by Gasteiger charge is -2.37. The molecule has 1 atom stereocenters. The van der Waals surface area contributed by atoms with E-state index in [0.29, 0.717) is 26.2 Å². The van der Waals surface area contributed by atoms with Crippen molar-refractivity contribution >= 4 is 5.91 Å². The summed E-state index contributed by atoms with van der Waals surface area (Å²) in [5.41, 5.74) is 2.32. The van der Waals surface area contributed by atoms with E-state index in [1.807, 2.05) is 12.1 Å². The highest BCUT2D eigenvalue weighted by Crippen LogP contribution is 2.23. The normalized spacial score (nSPS) is 16.1. The summed E-state index contributed by atoms with van der Waals surface area (Å²) in [5, 5.41) is 9.63. The zero-order valence-electron chi connectivity index (χ0n) is 14.9. The monoisotopic (exact) mass is 351 g/mol. The quantitative estimate of drug-likeness (QED) is 0.848. The van der Waals surface area contributed by atoms with E-state index in [2.05, 4.69) is 30.0 Å². The third-order valence-corrected chi connectivity index (χ3v) is 4.90. The molecule has 2 aromatic carbocycles. The molecule has 3 rings (SSSR count). The second-order valence-corrected chi connectivity index (χ2v) is 6.43. The second-order valence-electron chi connectivity index (χ2n) is 6.43. The lowest BCUT2D eigenvalue weighted by molar-refractivity contribution is 0.0602. The summed E-state index contributed by atoms with van der Waals surface area (Å²) in [6.07, 6.45) is 0.967. The van der Waals surface area contributed by atoms with Gasteiger partial charge in [-0.25, -0.2) is 4.39 Å². The van der Waals surface area contributed by atoms with Crippen LogP contribution in [0.5, 0.6) is 0 Å². The molecule has 2 aromatic rings. The van der Waals surface area contributed by atoms with Gasteiger partial charge in [-0.05, 0) is 29.7 Å². The van der Waals surface area contributed by atoms with Gasteiger partial charge in [-0.2, -0.15) is 5.26 Å². The van der Waals surface area contributed by atoms with E-state index in [1.54, 1.807) is 17.0 Å². The number of rotatable bonds is 4. The summed E-state index contributed by atoms with van der Waals surface area (Å²) in [6.45, 7) is 4.25. The number of benzene rings is 2. The van der Waals surface area contributed by atoms with Crippen molar-refractivity contribution in [2.45, 2.75) is 19.4 Å². The Morgan fingerprint density at radius 2 is 1.77 bits per heavy atom. The van der Waals surface area contributed by atoms with E-state index in [0.717, 1.165) is 12.0 Å². The number of aryl methyl sites for hydroxylation is 1. The van der Waals surface area contributed by atoms with E-state index in [4.69, 9.17) is 0 Å². The highest BCUT2D eigenvalue weighted by atomic mass is 19.1. The van der Waals surface area contributed by atoms with Crippen LogP contribution in [0.2, 0.25) is 0 Å². The third-order valence-electron chi connectivity index (χ3n) is 4.90. The number of hydrogen-bond donors (Lipinski definition) is 0. The van der Waals surface area contributed by atoms with E-state index >= 15 is 0 Å². The van der Waals surface area contributed by atoms with Gasteiger partial charge in [0, 0.05) is 26.2 Å². The number of piperazine rings is 1. The molecule has 1 amide bonds. The molecule has 0 saturated carbocycles. The zero-order chi connectivity index (χ0) is 18.5. The number of hydrogen-bond acceptors (Lipinski definition) is 3. The van der Waals surface area contributed by atoms with Gasteiger partial charge in [0.1, 0.15) is 11.9 Å². The van der Waals surface area contributed by atoms with Crippen molar-refractivity contribution in [3.05, 3.63) is 71.0 Å². The molecule has 0 bridgehead atoms. The van der Waals surface area contributed by atoms with Crippen molar-refractivity contribution in [3.63, 3.8) is 0 Å². The van der Waals surface area contributed by atoms with Gasteiger partial charge in [-0.15, -0.1) is 0 Å². The Balaban J connectivity index is 1.66. The lowest BCUT2D eigenvalue weighted by Crippen LogP contribution is -2.49. The Bertz CT molecular complexity index is 805. The molecule has 0 aliphatic carbocycles. The first-order valence-electron chi connectivity index (χ1n) is 8.90. The van der Waals surface area contributed by atoms with Crippen LogP contribution < -0.4 is 0 Å². The summed E-state index contributed by atoms with van der Waals surface area (Å²) < 4.78 is 13.8. The Morgan fingerprint density at radius 1 is 1.12 bits per heavy atom. The topological polar surface area (TPSA) is 47.3 Å². The largest absolute Gasteiger partial charge is 0.336 e. The maximum absolute atomic E-state index is 13.8. The minimum atomic E-state index is -0.495. The van der Waals surface area contributed by atoms with Gasteiger partial charge in [0.2, 0.25) is 0 Å². The molecule has 1 aliphatic rings. The highest BCUT2D eigenvalue weighted by Gasteiger charge is 2.28. The molecule has 1 heterocycles. The minimum absolute atomic E-state index is 0.105. The summed E-state index contributed by atoms with van der Waals surface area (Å²) in [5.74, 6) is -0.783. The van der Waals surface area contributed by atoms with Crippen LogP contribution in [0.1, 0.15) is 34.5 Å². The van der Waals surface area contributed by atoms with Crippen LogP contribution in [-0.2, 0) is 6.42 Å². The molecule has 0 N–H and O–H groups in total. The van der Waals surface area contributed by atoms with Crippen molar-refractivity contribution in [1.82, 2.24) is 9.80 Å². The van der Waals surface area contributed by atoms with Crippen molar-refractivity contribution < 1.29 is 9.18 Å². The van der Waals surface area contributed by atoms with Crippen molar-refractivity contribution in [3.8, 4) is 6.07 Å². The fourth-order valence-corrected chi connectivity index (χ4v) is 3.29. The molecule has 0 spiro atoms. The smallest absolute Gasteiger partial charge is 0.256 e. The Morgan fingerprint density at radius 3 is 2.35 bits per heavy atom. The van der Waals surface area contributed by atoms with Gasteiger partial charge in [0.25, 0.3) is 5.91 Å². The summed E-state index contributed by atoms with van der Waals surface area (Å²) in [6, 6.07) is 16.2. The fraction of sp³-hybridized carbons (Fsp3) is 0.333. The molecule has 1 aliphatic heterocycles. The van der Waals surface area contributed by atoms with Crippen LogP contribution in [0.15, 0.2) is 48.5 Å². The molecule has 4 nitrogen and oxygen atoms in total. The molecule has 134 valence electrons. The minimum Gasteiger partial charge on any atom is -0.336 e. The number of carbonyl (C=O) groups is 1. The van der Waals surface area contributed by atoms with Crippen LogP contribution in [0.25, 0.3) is 0 Å². The van der Waals surface area contributed by atoms with Gasteiger partial charge >= 0.3 is 0 Å². The standard InChI is InChI=1S/C21H22FN3O/c1-2-16-7-9-17(10-8-16)20(15-23)24-11-13-25(14-12-24)21(26)18-5-3-4-6-19(18)22/h3-10,20H,2,11-14H2,1H3. The average molecular weight is 351 g/mol. The van der Waals surface area contributed by atoms with Gasteiger partial charge in [-0.1, -0.05) is 43.3 Å². The Hall–Kier alpha value is -2.71.